The smallest absolute Gasteiger partial charge is 0.407 e. The first-order valence-electron chi connectivity index (χ1n) is 16.0. The van der Waals surface area contributed by atoms with Crippen LogP contribution in [0.1, 0.15) is 74.8 Å². The number of hydrogen-bond donors (Lipinski definition) is 1. The van der Waals surface area contributed by atoms with Crippen LogP contribution in [0.25, 0.3) is 10.9 Å². The van der Waals surface area contributed by atoms with E-state index >= 15 is 0 Å². The molecule has 1 N–H and O–H groups in total. The maximum atomic E-state index is 12.4. The molecule has 2 saturated heterocycles. The van der Waals surface area contributed by atoms with Gasteiger partial charge >= 0.3 is 6.09 Å². The number of nitrogens with one attached hydrogen (secondary N) is 1. The molecule has 2 fully saturated rings. The molecule has 2 aliphatic rings. The molecule has 9 nitrogen and oxygen atoms in total. The Hall–Kier alpha value is -3.08. The highest BCUT2D eigenvalue weighted by molar-refractivity contribution is 7.89. The number of aryl methyl sites for hydroxylation is 1. The van der Waals surface area contributed by atoms with Crippen LogP contribution in [-0.4, -0.2) is 73.2 Å². The van der Waals surface area contributed by atoms with Gasteiger partial charge in [0, 0.05) is 63.5 Å². The molecule has 1 amide bonds. The molecular formula is C37H60N4O5S. The molecule has 0 bridgehead atoms. The first-order valence-corrected chi connectivity index (χ1v) is 17.5. The zero-order chi connectivity index (χ0) is 32.9. The lowest BCUT2D eigenvalue weighted by molar-refractivity contribution is 0.0450. The van der Waals surface area contributed by atoms with E-state index in [9.17, 15) is 13.2 Å². The van der Waals surface area contributed by atoms with Crippen LogP contribution in [0.2, 0.25) is 0 Å². The Balaban J connectivity index is 0.000000349. The number of sulfonamides is 1. The zero-order valence-corrected chi connectivity index (χ0v) is 29.1. The Morgan fingerprint density at radius 2 is 1.53 bits per heavy atom. The summed E-state index contributed by atoms with van der Waals surface area (Å²) in [6, 6.07) is 15.0. The Morgan fingerprint density at radius 1 is 0.915 bits per heavy atom. The summed E-state index contributed by atoms with van der Waals surface area (Å²) < 4.78 is 39.4. The van der Waals surface area contributed by atoms with E-state index in [-0.39, 0.29) is 27.0 Å². The van der Waals surface area contributed by atoms with E-state index in [1.165, 1.54) is 16.5 Å². The molecule has 0 aliphatic carbocycles. The van der Waals surface area contributed by atoms with Crippen LogP contribution in [0.5, 0.6) is 5.75 Å². The summed E-state index contributed by atoms with van der Waals surface area (Å²) in [5.74, 6) is 2.27. The van der Waals surface area contributed by atoms with Gasteiger partial charge in [0.15, 0.2) is 0 Å². The van der Waals surface area contributed by atoms with Gasteiger partial charge in [0.25, 0.3) is 0 Å². The maximum absolute atomic E-state index is 12.4. The third kappa shape index (κ3) is 11.0. The van der Waals surface area contributed by atoms with Crippen molar-refractivity contribution in [3.63, 3.8) is 0 Å². The molecule has 47 heavy (non-hydrogen) atoms. The van der Waals surface area contributed by atoms with Gasteiger partial charge in [0.2, 0.25) is 10.0 Å². The minimum absolute atomic E-state index is 0. The van der Waals surface area contributed by atoms with Gasteiger partial charge in [-0.1, -0.05) is 53.8 Å². The number of likely N-dealkylation sites (tertiary alicyclic amines) is 1. The molecule has 0 saturated carbocycles. The first kappa shape index (κ1) is 40.1. The molecule has 264 valence electrons. The molecule has 1 aromatic heterocycles. The Kier molecular flexibility index (Phi) is 14.4. The quantitative estimate of drug-likeness (QED) is 0.291. The fourth-order valence-electron chi connectivity index (χ4n) is 6.65. The molecule has 10 heteroatoms. The number of amides is 1. The van der Waals surface area contributed by atoms with Gasteiger partial charge in [-0.15, -0.1) is 0 Å². The number of rotatable bonds is 6. The van der Waals surface area contributed by atoms with Crippen molar-refractivity contribution < 1.29 is 22.7 Å². The fourth-order valence-corrected chi connectivity index (χ4v) is 8.36. The summed E-state index contributed by atoms with van der Waals surface area (Å²) in [5, 5.41) is 4.30. The van der Waals surface area contributed by atoms with Crippen LogP contribution in [0.4, 0.5) is 4.79 Å². The highest BCUT2D eigenvalue weighted by atomic mass is 32.2. The van der Waals surface area contributed by atoms with Crippen LogP contribution < -0.4 is 10.1 Å². The third-order valence-electron chi connectivity index (χ3n) is 8.35. The van der Waals surface area contributed by atoms with Gasteiger partial charge in [-0.25, -0.2) is 13.2 Å². The number of nitrogens with zero attached hydrogens (tertiary/aromatic N) is 3. The van der Waals surface area contributed by atoms with Gasteiger partial charge < -0.3 is 19.4 Å². The third-order valence-corrected chi connectivity index (χ3v) is 10.2. The van der Waals surface area contributed by atoms with E-state index in [1.54, 1.807) is 35.7 Å². The molecule has 3 aromatic rings. The summed E-state index contributed by atoms with van der Waals surface area (Å²) in [5.41, 5.74) is 1.99. The first-order chi connectivity index (χ1) is 21.1. The van der Waals surface area contributed by atoms with Gasteiger partial charge in [-0.3, -0.25) is 4.90 Å². The summed E-state index contributed by atoms with van der Waals surface area (Å²) >= 11 is 0. The predicted octanol–water partition coefficient (Wildman–Crippen LogP) is 7.55. The number of methoxy groups -OCH3 is 1. The van der Waals surface area contributed by atoms with Crippen molar-refractivity contribution >= 4 is 27.0 Å². The molecule has 2 aliphatic heterocycles. The average molecular weight is 673 g/mol. The second-order valence-corrected chi connectivity index (χ2v) is 16.0. The predicted molar refractivity (Wildman–Crippen MR) is 193 cm³/mol. The molecule has 0 unspecified atom stereocenters. The number of aromatic nitrogens is 1. The van der Waals surface area contributed by atoms with Crippen LogP contribution in [0.15, 0.2) is 59.6 Å². The van der Waals surface area contributed by atoms with Crippen LogP contribution in [0, 0.1) is 17.8 Å². The van der Waals surface area contributed by atoms with Gasteiger partial charge in [0.05, 0.1) is 17.5 Å². The van der Waals surface area contributed by atoms with Crippen molar-refractivity contribution in [1.29, 1.82) is 0 Å². The SMILES string of the molecule is C.C.COc1ccc2c(CN3C[C@@H](C)C[C@@H](NC(=O)OC(C)(C)C)C3)cn(C)c2c1.C[C@@H]1C[C@H](C)CN(S(=O)(=O)c2ccccc2)C1. The van der Waals surface area contributed by atoms with Crippen molar-refractivity contribution in [3.05, 3.63) is 60.3 Å². The highest BCUT2D eigenvalue weighted by Crippen LogP contribution is 2.28. The molecular weight excluding hydrogens is 612 g/mol. The number of piperidine rings is 2. The van der Waals surface area contributed by atoms with Crippen LogP contribution in [0.3, 0.4) is 0 Å². The Labute approximate surface area is 284 Å². The van der Waals surface area contributed by atoms with E-state index in [1.807, 2.05) is 32.9 Å². The van der Waals surface area contributed by atoms with Crippen molar-refractivity contribution in [3.8, 4) is 5.75 Å². The summed E-state index contributed by atoms with van der Waals surface area (Å²) in [6.07, 6.45) is 3.95. The van der Waals surface area contributed by atoms with Gasteiger partial charge in [0.1, 0.15) is 11.4 Å². The Morgan fingerprint density at radius 3 is 2.13 bits per heavy atom. The lowest BCUT2D eigenvalue weighted by Gasteiger charge is -2.37. The van der Waals surface area contributed by atoms with Crippen LogP contribution >= 0.6 is 0 Å². The van der Waals surface area contributed by atoms with E-state index in [0.29, 0.717) is 35.7 Å². The highest BCUT2D eigenvalue weighted by Gasteiger charge is 2.31. The lowest BCUT2D eigenvalue weighted by Crippen LogP contribution is -2.50. The lowest BCUT2D eigenvalue weighted by atomic mass is 9.94. The van der Waals surface area contributed by atoms with E-state index in [0.717, 1.165) is 38.2 Å². The van der Waals surface area contributed by atoms with Crippen LogP contribution in [-0.2, 0) is 28.4 Å². The van der Waals surface area contributed by atoms with Crippen molar-refractivity contribution in [2.75, 3.05) is 33.3 Å². The fraction of sp³-hybridized carbons (Fsp3) is 0.595. The molecule has 5 rings (SSSR count). The monoisotopic (exact) mass is 672 g/mol. The second kappa shape index (κ2) is 16.8. The normalized spacial score (nSPS) is 22.2. The molecule has 0 spiro atoms. The number of fused-ring (bicyclic) bond motifs is 1. The summed E-state index contributed by atoms with van der Waals surface area (Å²) in [6.45, 7) is 16.1. The number of benzene rings is 2. The minimum Gasteiger partial charge on any atom is -0.497 e. The summed E-state index contributed by atoms with van der Waals surface area (Å²) in [7, 11) is 0.464. The number of alkyl carbamates (subject to hydrolysis) is 1. The van der Waals surface area contributed by atoms with Gasteiger partial charge in [-0.2, -0.15) is 4.31 Å². The molecule has 0 radical (unpaired) electrons. The topological polar surface area (TPSA) is 93.1 Å². The average Bonchev–Trinajstić information content (AvgIpc) is 3.25. The van der Waals surface area contributed by atoms with Crippen molar-refractivity contribution in [2.45, 2.75) is 92.3 Å². The maximum Gasteiger partial charge on any atom is 0.407 e. The van der Waals surface area contributed by atoms with Gasteiger partial charge in [-0.05, 0) is 81.2 Å². The number of hydrogen-bond acceptors (Lipinski definition) is 6. The standard InChI is InChI=1S/C22H33N3O3.C13H19NO2S.2CH4/c1-15-9-17(23-21(26)28-22(2,3)4)14-25(11-15)13-16-12-24(5)20-10-18(27-6)7-8-19(16)20;1-11-8-12(2)10-14(9-11)17(15,16)13-6-4-3-5-7-13;;/h7-8,10,12,15,17H,9,11,13-14H2,1-6H3,(H,23,26);3-7,11-12H,8-10H2,1-2H3;2*1H4/t15-,17+;11-,12+;;/m0.../s1. The minimum atomic E-state index is -3.29. The number of ether oxygens (including phenoxy) is 2. The second-order valence-electron chi connectivity index (χ2n) is 14.1. The Bertz CT molecular complexity index is 1520. The summed E-state index contributed by atoms with van der Waals surface area (Å²) in [4.78, 5) is 15.0. The number of carbonyl (C=O) groups excluding carboxylic acids is 1. The molecule has 3 heterocycles. The van der Waals surface area contributed by atoms with E-state index in [4.69, 9.17) is 9.47 Å². The van der Waals surface area contributed by atoms with Crippen molar-refractivity contribution in [2.24, 2.45) is 24.8 Å². The van der Waals surface area contributed by atoms with E-state index < -0.39 is 15.6 Å². The molecule has 4 atom stereocenters. The molecule has 2 aromatic carbocycles. The van der Waals surface area contributed by atoms with Crippen molar-refractivity contribution in [1.82, 2.24) is 19.1 Å². The number of carbonyl (C=O) groups is 1. The largest absolute Gasteiger partial charge is 0.497 e. The van der Waals surface area contributed by atoms with E-state index in [2.05, 4.69) is 60.9 Å². The zero-order valence-electron chi connectivity index (χ0n) is 28.2.